The summed E-state index contributed by atoms with van der Waals surface area (Å²) in [5, 5.41) is 4.59. The molecule has 0 aliphatic heterocycles. The highest BCUT2D eigenvalue weighted by Crippen LogP contribution is 1.62. The summed E-state index contributed by atoms with van der Waals surface area (Å²) in [5.74, 6) is -0.453. The van der Waals surface area contributed by atoms with Crippen molar-refractivity contribution < 1.29 is 9.59 Å². The van der Waals surface area contributed by atoms with E-state index in [0.717, 1.165) is 0 Å². The maximum atomic E-state index is 10.6. The molecule has 0 unspecified atom stereocenters. The first-order chi connectivity index (χ1) is 5.16. The van der Waals surface area contributed by atoms with Gasteiger partial charge in [-0.15, -0.1) is 0 Å². The molecule has 3 amide bonds. The first kappa shape index (κ1) is 9.86. The number of carbonyl (C=O) groups excluding carboxylic acids is 2. The van der Waals surface area contributed by atoms with Crippen LogP contribution in [0.5, 0.6) is 0 Å². The van der Waals surface area contributed by atoms with Crippen LogP contribution in [0.4, 0.5) is 4.79 Å². The number of hydrogen-bond donors (Lipinski definition) is 4. The van der Waals surface area contributed by atoms with Crippen molar-refractivity contribution in [2.45, 2.75) is 0 Å². The largest absolute Gasteiger partial charge is 0.351 e. The number of primary amides is 1. The minimum atomic E-state index is -0.843. The number of amides is 3. The molecule has 0 aromatic rings. The number of urea groups is 1. The van der Waals surface area contributed by atoms with Crippen LogP contribution < -0.4 is 22.1 Å². The van der Waals surface area contributed by atoms with E-state index in [2.05, 4.69) is 11.1 Å². The fraction of sp³-hybridized carbons (Fsp3) is 0.600. The van der Waals surface area contributed by atoms with Crippen LogP contribution in [-0.4, -0.2) is 31.6 Å². The Bertz CT molecular complexity index is 147. The second-order valence-electron chi connectivity index (χ2n) is 1.88. The average molecular weight is 160 g/mol. The molecule has 0 aromatic heterocycles. The Balaban J connectivity index is 3.30. The lowest BCUT2D eigenvalue weighted by molar-refractivity contribution is -0.119. The Morgan fingerprint density at radius 3 is 2.45 bits per heavy atom. The smallest absolute Gasteiger partial charge is 0.318 e. The molecule has 11 heavy (non-hydrogen) atoms. The lowest BCUT2D eigenvalue weighted by atomic mass is 10.5. The van der Waals surface area contributed by atoms with Crippen molar-refractivity contribution in [3.05, 3.63) is 0 Å². The molecule has 6 nitrogen and oxygen atoms in total. The number of rotatable bonds is 4. The Labute approximate surface area is 64.3 Å². The normalized spacial score (nSPS) is 9.18. The van der Waals surface area contributed by atoms with Crippen LogP contribution in [0.1, 0.15) is 0 Å². The third kappa shape index (κ3) is 6.75. The number of nitrogens with one attached hydrogen (secondary N) is 2. The van der Waals surface area contributed by atoms with Crippen molar-refractivity contribution in [2.24, 2.45) is 11.5 Å². The van der Waals surface area contributed by atoms with Crippen LogP contribution in [-0.2, 0) is 4.79 Å². The van der Waals surface area contributed by atoms with E-state index in [9.17, 15) is 9.59 Å². The molecule has 0 saturated heterocycles. The summed E-state index contributed by atoms with van der Waals surface area (Å²) in [4.78, 5) is 20.7. The lowest BCUT2D eigenvalue weighted by Gasteiger charge is -2.00. The quantitative estimate of drug-likeness (QED) is 0.347. The van der Waals surface area contributed by atoms with Crippen molar-refractivity contribution in [1.82, 2.24) is 10.6 Å². The number of nitrogens with two attached hydrogens (primary N) is 2. The van der Waals surface area contributed by atoms with Gasteiger partial charge in [-0.25, -0.2) is 4.79 Å². The third-order valence-corrected chi connectivity index (χ3v) is 0.869. The predicted octanol–water partition coefficient (Wildman–Crippen LogP) is -2.27. The highest BCUT2D eigenvalue weighted by molar-refractivity contribution is 5.94. The summed E-state index contributed by atoms with van der Waals surface area (Å²) in [5.41, 5.74) is 9.80. The van der Waals surface area contributed by atoms with Crippen LogP contribution in [0, 0.1) is 0 Å². The highest BCUT2D eigenvalue weighted by Gasteiger charge is 2.01. The third-order valence-electron chi connectivity index (χ3n) is 0.869. The van der Waals surface area contributed by atoms with E-state index >= 15 is 0 Å². The maximum Gasteiger partial charge on any atom is 0.318 e. The van der Waals surface area contributed by atoms with Gasteiger partial charge in [-0.1, -0.05) is 0 Å². The van der Waals surface area contributed by atoms with Crippen molar-refractivity contribution in [1.29, 1.82) is 0 Å². The van der Waals surface area contributed by atoms with Gasteiger partial charge in [0.1, 0.15) is 0 Å². The fourth-order valence-electron chi connectivity index (χ4n) is 0.486. The summed E-state index contributed by atoms with van der Waals surface area (Å²) < 4.78 is 0. The van der Waals surface area contributed by atoms with Crippen molar-refractivity contribution in [2.75, 3.05) is 19.6 Å². The number of imide groups is 1. The molecule has 0 saturated carbocycles. The fourth-order valence-corrected chi connectivity index (χ4v) is 0.486. The van der Waals surface area contributed by atoms with Crippen LogP contribution in [0.3, 0.4) is 0 Å². The van der Waals surface area contributed by atoms with Gasteiger partial charge in [-0.05, 0) is 0 Å². The maximum absolute atomic E-state index is 10.6. The zero-order chi connectivity index (χ0) is 8.69. The Kier molecular flexibility index (Phi) is 5.05. The van der Waals surface area contributed by atoms with Gasteiger partial charge in [0.05, 0.1) is 6.54 Å². The van der Waals surface area contributed by atoms with Gasteiger partial charge < -0.3 is 16.8 Å². The van der Waals surface area contributed by atoms with E-state index in [1.54, 1.807) is 0 Å². The van der Waals surface area contributed by atoms with Gasteiger partial charge in [0.25, 0.3) is 0 Å². The lowest BCUT2D eigenvalue weighted by Crippen LogP contribution is -2.41. The minimum absolute atomic E-state index is 0.0557. The molecule has 0 aliphatic carbocycles. The second-order valence-corrected chi connectivity index (χ2v) is 1.88. The SMILES string of the molecule is NCCNCC(=O)NC(N)=O. The van der Waals surface area contributed by atoms with Crippen molar-refractivity contribution >= 4 is 11.9 Å². The van der Waals surface area contributed by atoms with E-state index in [0.29, 0.717) is 13.1 Å². The van der Waals surface area contributed by atoms with Gasteiger partial charge in [0.2, 0.25) is 5.91 Å². The molecular formula is C5H12N4O2. The van der Waals surface area contributed by atoms with Crippen molar-refractivity contribution in [3.63, 3.8) is 0 Å². The standard InChI is InChI=1S/C5H12N4O2/c6-1-2-8-3-4(10)9-5(7)11/h8H,1-3,6H2,(H3,7,9,10,11). The van der Waals surface area contributed by atoms with Crippen LogP contribution >= 0.6 is 0 Å². The Morgan fingerprint density at radius 1 is 1.36 bits per heavy atom. The van der Waals surface area contributed by atoms with E-state index in [1.165, 1.54) is 0 Å². The van der Waals surface area contributed by atoms with Crippen LogP contribution in [0.2, 0.25) is 0 Å². The summed E-state index contributed by atoms with van der Waals surface area (Å²) >= 11 is 0. The molecular weight excluding hydrogens is 148 g/mol. The van der Waals surface area contributed by atoms with E-state index in [-0.39, 0.29) is 6.54 Å². The van der Waals surface area contributed by atoms with E-state index in [1.807, 2.05) is 5.32 Å². The number of carbonyl (C=O) groups is 2. The molecule has 0 spiro atoms. The molecule has 0 radical (unpaired) electrons. The molecule has 6 heteroatoms. The van der Waals surface area contributed by atoms with E-state index in [4.69, 9.17) is 5.73 Å². The molecule has 0 heterocycles. The molecule has 0 aliphatic rings. The van der Waals surface area contributed by atoms with Gasteiger partial charge >= 0.3 is 6.03 Å². The highest BCUT2D eigenvalue weighted by atomic mass is 16.2. The summed E-state index contributed by atoms with van der Waals surface area (Å²) in [6.45, 7) is 1.04. The second kappa shape index (κ2) is 5.63. The Hall–Kier alpha value is -1.14. The molecule has 0 atom stereocenters. The first-order valence-electron chi connectivity index (χ1n) is 3.17. The minimum Gasteiger partial charge on any atom is -0.351 e. The van der Waals surface area contributed by atoms with E-state index < -0.39 is 11.9 Å². The Morgan fingerprint density at radius 2 is 2.00 bits per heavy atom. The first-order valence-corrected chi connectivity index (χ1v) is 3.17. The molecule has 0 fully saturated rings. The van der Waals surface area contributed by atoms with Crippen LogP contribution in [0.25, 0.3) is 0 Å². The predicted molar refractivity (Wildman–Crippen MR) is 39.7 cm³/mol. The zero-order valence-corrected chi connectivity index (χ0v) is 6.09. The topological polar surface area (TPSA) is 110 Å². The van der Waals surface area contributed by atoms with Gasteiger partial charge in [0, 0.05) is 13.1 Å². The molecule has 0 bridgehead atoms. The monoisotopic (exact) mass is 160 g/mol. The summed E-state index contributed by atoms with van der Waals surface area (Å²) in [6, 6.07) is -0.843. The van der Waals surface area contributed by atoms with Gasteiger partial charge in [0.15, 0.2) is 0 Å². The summed E-state index contributed by atoms with van der Waals surface area (Å²) in [6.07, 6.45) is 0. The molecule has 6 N–H and O–H groups in total. The average Bonchev–Trinajstić information content (AvgIpc) is 1.86. The van der Waals surface area contributed by atoms with Gasteiger partial charge in [-0.2, -0.15) is 0 Å². The molecule has 0 rings (SSSR count). The van der Waals surface area contributed by atoms with Crippen LogP contribution in [0.15, 0.2) is 0 Å². The van der Waals surface area contributed by atoms with Crippen molar-refractivity contribution in [3.8, 4) is 0 Å². The summed E-state index contributed by atoms with van der Waals surface area (Å²) in [7, 11) is 0. The zero-order valence-electron chi connectivity index (χ0n) is 6.09. The van der Waals surface area contributed by atoms with Gasteiger partial charge in [-0.3, -0.25) is 10.1 Å². The number of hydrogen-bond acceptors (Lipinski definition) is 4. The molecule has 0 aromatic carbocycles. The molecule has 64 valence electrons.